The predicted octanol–water partition coefficient (Wildman–Crippen LogP) is 1.85. The number of hydrogen-bond donors (Lipinski definition) is 1. The lowest BCUT2D eigenvalue weighted by Gasteiger charge is -2.35. The first kappa shape index (κ1) is 18.7. The summed E-state index contributed by atoms with van der Waals surface area (Å²) in [7, 11) is 1.88. The highest BCUT2D eigenvalue weighted by Gasteiger charge is 2.22. The second-order valence-electron chi connectivity index (χ2n) is 6.71. The number of para-hydroxylation sites is 1. The van der Waals surface area contributed by atoms with E-state index in [4.69, 9.17) is 0 Å². The number of nitrogens with one attached hydrogen (secondary N) is 1. The number of thioether (sulfide) groups is 1. The number of amides is 1. The number of benzene rings is 1. The number of anilines is 2. The van der Waals surface area contributed by atoms with Crippen molar-refractivity contribution in [3.05, 3.63) is 36.8 Å². The van der Waals surface area contributed by atoms with Crippen molar-refractivity contribution < 1.29 is 4.79 Å². The molecule has 0 unspecified atom stereocenters. The fraction of sp³-hybridized carbons (Fsp3) is 0.368. The molecule has 0 aliphatic carbocycles. The summed E-state index contributed by atoms with van der Waals surface area (Å²) >= 11 is 1.63. The van der Waals surface area contributed by atoms with Gasteiger partial charge in [-0.1, -0.05) is 12.1 Å². The molecule has 1 aliphatic rings. The van der Waals surface area contributed by atoms with Gasteiger partial charge in [0.05, 0.1) is 23.8 Å². The largest absolute Gasteiger partial charge is 0.353 e. The summed E-state index contributed by atoms with van der Waals surface area (Å²) in [5.41, 5.74) is 1.71. The Labute approximate surface area is 167 Å². The summed E-state index contributed by atoms with van der Waals surface area (Å²) in [5, 5.41) is 8.28. The molecular formula is C19H23N7OS. The minimum atomic E-state index is 0.0200. The van der Waals surface area contributed by atoms with Crippen molar-refractivity contribution in [3.63, 3.8) is 0 Å². The first-order valence-electron chi connectivity index (χ1n) is 9.18. The SMILES string of the molecule is CSc1ccccc1NC(=O)CN1CCN(c2ncnc3c2cnn3C)CC1. The molecular weight excluding hydrogens is 374 g/mol. The Hall–Kier alpha value is -2.65. The lowest BCUT2D eigenvalue weighted by Crippen LogP contribution is -2.49. The van der Waals surface area contributed by atoms with E-state index in [0.29, 0.717) is 6.54 Å². The van der Waals surface area contributed by atoms with Crippen LogP contribution in [0.4, 0.5) is 11.5 Å². The average Bonchev–Trinajstić information content (AvgIpc) is 3.10. The zero-order valence-electron chi connectivity index (χ0n) is 16.0. The van der Waals surface area contributed by atoms with E-state index in [9.17, 15) is 4.79 Å². The molecule has 1 N–H and O–H groups in total. The van der Waals surface area contributed by atoms with Crippen molar-refractivity contribution in [1.29, 1.82) is 0 Å². The highest BCUT2D eigenvalue weighted by atomic mass is 32.2. The maximum absolute atomic E-state index is 12.5. The van der Waals surface area contributed by atoms with Gasteiger partial charge >= 0.3 is 0 Å². The molecule has 4 rings (SSSR count). The minimum Gasteiger partial charge on any atom is -0.353 e. The number of nitrogens with zero attached hydrogens (tertiary/aromatic N) is 6. The Bertz CT molecular complexity index is 981. The number of carbonyl (C=O) groups excluding carboxylic acids is 1. The molecule has 3 aromatic rings. The predicted molar refractivity (Wildman–Crippen MR) is 112 cm³/mol. The smallest absolute Gasteiger partial charge is 0.238 e. The maximum atomic E-state index is 12.5. The first-order chi connectivity index (χ1) is 13.7. The summed E-state index contributed by atoms with van der Waals surface area (Å²) in [6.45, 7) is 3.64. The molecule has 8 nitrogen and oxygen atoms in total. The van der Waals surface area contributed by atoms with Crippen LogP contribution < -0.4 is 10.2 Å². The van der Waals surface area contributed by atoms with Crippen molar-refractivity contribution in [2.45, 2.75) is 4.90 Å². The summed E-state index contributed by atoms with van der Waals surface area (Å²) in [6, 6.07) is 7.87. The van der Waals surface area contributed by atoms with Gasteiger partial charge in [-0.15, -0.1) is 11.8 Å². The molecule has 0 spiro atoms. The fourth-order valence-corrected chi connectivity index (χ4v) is 4.01. The molecule has 1 amide bonds. The third-order valence-corrected chi connectivity index (χ3v) is 5.72. The van der Waals surface area contributed by atoms with Crippen molar-refractivity contribution >= 4 is 40.2 Å². The second-order valence-corrected chi connectivity index (χ2v) is 7.56. The fourth-order valence-electron chi connectivity index (χ4n) is 3.46. The Morgan fingerprint density at radius 3 is 2.75 bits per heavy atom. The van der Waals surface area contributed by atoms with Crippen LogP contribution in [-0.4, -0.2) is 69.5 Å². The lowest BCUT2D eigenvalue weighted by atomic mass is 10.2. The van der Waals surface area contributed by atoms with Gasteiger partial charge in [-0.2, -0.15) is 5.10 Å². The van der Waals surface area contributed by atoms with E-state index in [1.807, 2.05) is 43.8 Å². The molecule has 0 radical (unpaired) electrons. The zero-order chi connectivity index (χ0) is 19.5. The van der Waals surface area contributed by atoms with Gasteiger partial charge in [0.25, 0.3) is 0 Å². The standard InChI is InChI=1S/C19H23N7OS/c1-24-18-14(11-22-24)19(21-13-20-18)26-9-7-25(8-10-26)12-17(27)23-15-5-3-4-6-16(15)28-2/h3-6,11,13H,7-10,12H2,1-2H3,(H,23,27). The molecule has 146 valence electrons. The van der Waals surface area contributed by atoms with Crippen LogP contribution in [0.3, 0.4) is 0 Å². The molecule has 0 bridgehead atoms. The lowest BCUT2D eigenvalue weighted by molar-refractivity contribution is -0.117. The maximum Gasteiger partial charge on any atom is 0.238 e. The number of aromatic nitrogens is 4. The molecule has 1 saturated heterocycles. The molecule has 9 heteroatoms. The monoisotopic (exact) mass is 397 g/mol. The van der Waals surface area contributed by atoms with E-state index >= 15 is 0 Å². The van der Waals surface area contributed by atoms with Crippen LogP contribution in [0.1, 0.15) is 0 Å². The van der Waals surface area contributed by atoms with Crippen molar-refractivity contribution in [2.75, 3.05) is 49.2 Å². The van der Waals surface area contributed by atoms with E-state index < -0.39 is 0 Å². The van der Waals surface area contributed by atoms with E-state index in [1.165, 1.54) is 0 Å². The van der Waals surface area contributed by atoms with E-state index in [2.05, 4.69) is 30.2 Å². The van der Waals surface area contributed by atoms with E-state index in [-0.39, 0.29) is 5.91 Å². The molecule has 3 heterocycles. The van der Waals surface area contributed by atoms with Crippen LogP contribution in [0.25, 0.3) is 11.0 Å². The van der Waals surface area contributed by atoms with Gasteiger partial charge in [0, 0.05) is 38.1 Å². The zero-order valence-corrected chi connectivity index (χ0v) is 16.8. The number of fused-ring (bicyclic) bond motifs is 1. The molecule has 28 heavy (non-hydrogen) atoms. The van der Waals surface area contributed by atoms with E-state index in [1.54, 1.807) is 22.8 Å². The third kappa shape index (κ3) is 3.81. The molecule has 2 aromatic heterocycles. The Kier molecular flexibility index (Phi) is 5.45. The summed E-state index contributed by atoms with van der Waals surface area (Å²) in [4.78, 5) is 26.7. The molecule has 1 aliphatic heterocycles. The second kappa shape index (κ2) is 8.15. The Morgan fingerprint density at radius 2 is 1.96 bits per heavy atom. The quantitative estimate of drug-likeness (QED) is 0.658. The van der Waals surface area contributed by atoms with Gasteiger partial charge in [-0.3, -0.25) is 14.4 Å². The highest BCUT2D eigenvalue weighted by Crippen LogP contribution is 2.25. The van der Waals surface area contributed by atoms with Crippen molar-refractivity contribution in [2.24, 2.45) is 7.05 Å². The normalized spacial score (nSPS) is 15.1. The van der Waals surface area contributed by atoms with Crippen LogP contribution in [0.15, 0.2) is 41.7 Å². The van der Waals surface area contributed by atoms with Crippen LogP contribution in [0.2, 0.25) is 0 Å². The number of aryl methyl sites for hydroxylation is 1. The highest BCUT2D eigenvalue weighted by molar-refractivity contribution is 7.98. The number of carbonyl (C=O) groups is 1. The Balaban J connectivity index is 1.36. The average molecular weight is 398 g/mol. The van der Waals surface area contributed by atoms with Crippen LogP contribution in [0, 0.1) is 0 Å². The minimum absolute atomic E-state index is 0.0200. The summed E-state index contributed by atoms with van der Waals surface area (Å²) in [5.74, 6) is 0.933. The topological polar surface area (TPSA) is 79.2 Å². The van der Waals surface area contributed by atoms with Crippen LogP contribution in [0.5, 0.6) is 0 Å². The van der Waals surface area contributed by atoms with Crippen molar-refractivity contribution in [1.82, 2.24) is 24.6 Å². The van der Waals surface area contributed by atoms with Gasteiger partial charge in [0.1, 0.15) is 12.1 Å². The third-order valence-electron chi connectivity index (χ3n) is 4.93. The summed E-state index contributed by atoms with van der Waals surface area (Å²) < 4.78 is 1.76. The van der Waals surface area contributed by atoms with Gasteiger partial charge in [-0.25, -0.2) is 9.97 Å². The van der Waals surface area contributed by atoms with Gasteiger partial charge in [-0.05, 0) is 18.4 Å². The number of rotatable bonds is 5. The van der Waals surface area contributed by atoms with Gasteiger partial charge in [0.15, 0.2) is 5.65 Å². The molecule has 0 saturated carbocycles. The Morgan fingerprint density at radius 1 is 1.18 bits per heavy atom. The van der Waals surface area contributed by atoms with Crippen LogP contribution >= 0.6 is 11.8 Å². The summed E-state index contributed by atoms with van der Waals surface area (Å²) in [6.07, 6.45) is 5.41. The van der Waals surface area contributed by atoms with Gasteiger partial charge < -0.3 is 10.2 Å². The number of piperazine rings is 1. The molecule has 1 fully saturated rings. The molecule has 1 aromatic carbocycles. The first-order valence-corrected chi connectivity index (χ1v) is 10.4. The van der Waals surface area contributed by atoms with E-state index in [0.717, 1.165) is 53.6 Å². The van der Waals surface area contributed by atoms with Crippen LogP contribution in [-0.2, 0) is 11.8 Å². The number of hydrogen-bond acceptors (Lipinski definition) is 7. The van der Waals surface area contributed by atoms with Gasteiger partial charge in [0.2, 0.25) is 5.91 Å². The van der Waals surface area contributed by atoms with Crippen molar-refractivity contribution in [3.8, 4) is 0 Å². The molecule has 0 atom stereocenters.